The molecule has 0 fully saturated rings. The molecule has 0 aliphatic rings. The van der Waals surface area contributed by atoms with Gasteiger partial charge in [0.1, 0.15) is 0 Å². The van der Waals surface area contributed by atoms with Crippen LogP contribution in [0.25, 0.3) is 0 Å². The Balaban J connectivity index is 1.84. The largest absolute Gasteiger partial charge is 0.408 e. The van der Waals surface area contributed by atoms with Crippen LogP contribution in [0, 0.1) is 17.0 Å². The summed E-state index contributed by atoms with van der Waals surface area (Å²) in [5, 5.41) is 21.1. The van der Waals surface area contributed by atoms with Crippen LogP contribution in [0.3, 0.4) is 0 Å². The van der Waals surface area contributed by atoms with Crippen molar-refractivity contribution in [1.29, 1.82) is 0 Å². The van der Waals surface area contributed by atoms with E-state index in [0.29, 0.717) is 6.54 Å². The number of nitrogens with one attached hydrogen (secondary N) is 1. The third-order valence-corrected chi connectivity index (χ3v) is 3.52. The van der Waals surface area contributed by atoms with Gasteiger partial charge in [-0.3, -0.25) is 9.48 Å². The fourth-order valence-corrected chi connectivity index (χ4v) is 2.06. The summed E-state index contributed by atoms with van der Waals surface area (Å²) in [6.07, 6.45) is 3.18. The third-order valence-electron chi connectivity index (χ3n) is 3.25. The highest BCUT2D eigenvalue weighted by atomic mass is 35.5. The lowest BCUT2D eigenvalue weighted by Crippen LogP contribution is -2.24. The molecule has 0 aromatic carbocycles. The molecule has 0 saturated heterocycles. The van der Waals surface area contributed by atoms with Crippen LogP contribution in [-0.4, -0.2) is 30.4 Å². The van der Waals surface area contributed by atoms with Crippen LogP contribution in [0.1, 0.15) is 17.7 Å². The molecule has 0 radical (unpaired) electrons. The van der Waals surface area contributed by atoms with Crippen molar-refractivity contribution in [3.8, 4) is 0 Å². The molecule has 2 heterocycles. The number of aromatic nitrogens is 4. The second-order valence-electron chi connectivity index (χ2n) is 4.73. The zero-order chi connectivity index (χ0) is 16.3. The molecular weight excluding hydrogens is 312 g/mol. The van der Waals surface area contributed by atoms with Gasteiger partial charge in [-0.2, -0.15) is 9.78 Å². The lowest BCUT2D eigenvalue weighted by Gasteiger charge is -2.04. The van der Waals surface area contributed by atoms with Crippen LogP contribution in [0.2, 0.25) is 5.02 Å². The van der Waals surface area contributed by atoms with Gasteiger partial charge in [-0.1, -0.05) is 11.6 Å². The van der Waals surface area contributed by atoms with E-state index in [0.717, 1.165) is 11.3 Å². The molecule has 0 bridgehead atoms. The maximum absolute atomic E-state index is 11.8. The fourth-order valence-electron chi connectivity index (χ4n) is 1.84. The van der Waals surface area contributed by atoms with E-state index in [1.807, 2.05) is 14.0 Å². The SMILES string of the molecule is Cc1c(CNC(=O)CCn2cc(Cl)c([N+](=O)[O-])n2)cnn1C. The lowest BCUT2D eigenvalue weighted by atomic mass is 10.2. The van der Waals surface area contributed by atoms with Gasteiger partial charge in [0.25, 0.3) is 0 Å². The van der Waals surface area contributed by atoms with E-state index in [9.17, 15) is 14.9 Å². The molecule has 1 amide bonds. The first kappa shape index (κ1) is 16.0. The summed E-state index contributed by atoms with van der Waals surface area (Å²) >= 11 is 5.68. The minimum Gasteiger partial charge on any atom is -0.358 e. The fraction of sp³-hybridized carbons (Fsp3) is 0.417. The predicted octanol–water partition coefficient (Wildman–Crippen LogP) is 1.19. The summed E-state index contributed by atoms with van der Waals surface area (Å²) in [5.74, 6) is -0.592. The van der Waals surface area contributed by atoms with Gasteiger partial charge in [-0.15, -0.1) is 0 Å². The molecule has 2 rings (SSSR count). The predicted molar refractivity (Wildman–Crippen MR) is 78.3 cm³/mol. The van der Waals surface area contributed by atoms with E-state index in [1.54, 1.807) is 10.9 Å². The van der Waals surface area contributed by atoms with Crippen molar-refractivity contribution in [1.82, 2.24) is 24.9 Å². The standard InChI is InChI=1S/C12H15ClN6O3/c1-8-9(6-15-17(8)2)5-14-11(20)3-4-18-7-10(13)12(16-18)19(21)22/h6-7H,3-5H2,1-2H3,(H,14,20). The maximum atomic E-state index is 11.8. The minimum atomic E-state index is -0.663. The highest BCUT2D eigenvalue weighted by molar-refractivity contribution is 6.32. The van der Waals surface area contributed by atoms with Crippen LogP contribution in [0.15, 0.2) is 12.4 Å². The van der Waals surface area contributed by atoms with Gasteiger partial charge < -0.3 is 15.4 Å². The molecule has 0 aliphatic heterocycles. The van der Waals surface area contributed by atoms with E-state index in [4.69, 9.17) is 11.6 Å². The van der Waals surface area contributed by atoms with Crippen molar-refractivity contribution >= 4 is 23.3 Å². The van der Waals surface area contributed by atoms with E-state index >= 15 is 0 Å². The Morgan fingerprint density at radius 2 is 2.27 bits per heavy atom. The van der Waals surface area contributed by atoms with Crippen molar-refractivity contribution in [3.05, 3.63) is 38.8 Å². The van der Waals surface area contributed by atoms with Crippen LogP contribution in [0.4, 0.5) is 5.82 Å². The smallest absolute Gasteiger partial charge is 0.358 e. The summed E-state index contributed by atoms with van der Waals surface area (Å²) < 4.78 is 3.02. The van der Waals surface area contributed by atoms with E-state index < -0.39 is 10.7 Å². The van der Waals surface area contributed by atoms with Gasteiger partial charge in [-0.05, 0) is 11.8 Å². The molecule has 0 spiro atoms. The topological polar surface area (TPSA) is 108 Å². The summed E-state index contributed by atoms with van der Waals surface area (Å²) in [4.78, 5) is 21.7. The molecule has 0 aliphatic carbocycles. The van der Waals surface area contributed by atoms with E-state index in [-0.39, 0.29) is 23.9 Å². The van der Waals surface area contributed by atoms with Crippen molar-refractivity contribution in [3.63, 3.8) is 0 Å². The third kappa shape index (κ3) is 3.61. The summed E-state index contributed by atoms with van der Waals surface area (Å²) in [6, 6.07) is 0. The summed E-state index contributed by atoms with van der Waals surface area (Å²) in [6.45, 7) is 2.52. The normalized spacial score (nSPS) is 10.7. The number of carbonyl (C=O) groups is 1. The van der Waals surface area contributed by atoms with Crippen molar-refractivity contribution in [2.75, 3.05) is 0 Å². The molecule has 2 aromatic rings. The number of carbonyl (C=O) groups excluding carboxylic acids is 1. The number of hydrogen-bond donors (Lipinski definition) is 1. The Labute approximate surface area is 131 Å². The van der Waals surface area contributed by atoms with Gasteiger partial charge in [0.15, 0.2) is 5.02 Å². The molecule has 9 nitrogen and oxygen atoms in total. The van der Waals surface area contributed by atoms with Gasteiger partial charge in [0.05, 0.1) is 24.0 Å². The monoisotopic (exact) mass is 326 g/mol. The first-order chi connectivity index (χ1) is 10.4. The van der Waals surface area contributed by atoms with Crippen LogP contribution < -0.4 is 5.32 Å². The first-order valence-corrected chi connectivity index (χ1v) is 6.87. The average molecular weight is 327 g/mol. The summed E-state index contributed by atoms with van der Waals surface area (Å²) in [7, 11) is 1.83. The van der Waals surface area contributed by atoms with Crippen molar-refractivity contribution in [2.24, 2.45) is 7.05 Å². The van der Waals surface area contributed by atoms with Gasteiger partial charge in [-0.25, -0.2) is 0 Å². The Morgan fingerprint density at radius 3 is 2.82 bits per heavy atom. The zero-order valence-electron chi connectivity index (χ0n) is 12.1. The van der Waals surface area contributed by atoms with Gasteiger partial charge in [0.2, 0.25) is 5.91 Å². The van der Waals surface area contributed by atoms with Gasteiger partial charge in [0, 0.05) is 31.3 Å². The lowest BCUT2D eigenvalue weighted by molar-refractivity contribution is -0.389. The highest BCUT2D eigenvalue weighted by Gasteiger charge is 2.19. The summed E-state index contributed by atoms with van der Waals surface area (Å²) in [5.41, 5.74) is 1.92. The Morgan fingerprint density at radius 1 is 1.55 bits per heavy atom. The minimum absolute atomic E-state index is 0.0450. The number of amides is 1. The highest BCUT2D eigenvalue weighted by Crippen LogP contribution is 2.21. The first-order valence-electron chi connectivity index (χ1n) is 6.50. The Bertz CT molecular complexity index is 708. The molecular formula is C12H15ClN6O3. The Kier molecular flexibility index (Phi) is 4.76. The quantitative estimate of drug-likeness (QED) is 0.633. The number of halogens is 1. The number of aryl methyl sites for hydroxylation is 2. The zero-order valence-corrected chi connectivity index (χ0v) is 12.9. The number of nitro groups is 1. The van der Waals surface area contributed by atoms with E-state index in [2.05, 4.69) is 15.5 Å². The second-order valence-corrected chi connectivity index (χ2v) is 5.13. The van der Waals surface area contributed by atoms with Gasteiger partial charge >= 0.3 is 5.82 Å². The van der Waals surface area contributed by atoms with Crippen LogP contribution >= 0.6 is 11.6 Å². The molecule has 1 N–H and O–H groups in total. The number of rotatable bonds is 6. The average Bonchev–Trinajstić information content (AvgIpc) is 2.99. The molecule has 0 saturated carbocycles. The molecule has 10 heteroatoms. The molecule has 2 aromatic heterocycles. The molecule has 0 unspecified atom stereocenters. The van der Waals surface area contributed by atoms with Crippen LogP contribution in [-0.2, 0) is 24.9 Å². The van der Waals surface area contributed by atoms with Crippen LogP contribution in [0.5, 0.6) is 0 Å². The second kappa shape index (κ2) is 6.56. The van der Waals surface area contributed by atoms with Crippen molar-refractivity contribution in [2.45, 2.75) is 26.4 Å². The maximum Gasteiger partial charge on any atom is 0.408 e. The number of nitrogens with zero attached hydrogens (tertiary/aromatic N) is 5. The molecule has 0 atom stereocenters. The number of hydrogen-bond acceptors (Lipinski definition) is 5. The Hall–Kier alpha value is -2.42. The molecule has 118 valence electrons. The van der Waals surface area contributed by atoms with E-state index in [1.165, 1.54) is 10.9 Å². The van der Waals surface area contributed by atoms with Crippen molar-refractivity contribution < 1.29 is 9.72 Å². The molecule has 22 heavy (non-hydrogen) atoms.